The molecule has 8 nitrogen and oxygen atoms in total. The summed E-state index contributed by atoms with van der Waals surface area (Å²) in [6.45, 7) is 12.5. The number of H-pyrrole nitrogens is 1. The van der Waals surface area contributed by atoms with E-state index in [1.165, 1.54) is 7.11 Å². The summed E-state index contributed by atoms with van der Waals surface area (Å²) in [4.78, 5) is 45.4. The molecule has 1 aliphatic rings. The van der Waals surface area contributed by atoms with Gasteiger partial charge in [0.1, 0.15) is 11.5 Å². The number of nitrogens with zero attached hydrogens (tertiary/aromatic N) is 2. The van der Waals surface area contributed by atoms with Crippen LogP contribution in [0.1, 0.15) is 64.7 Å². The molecule has 1 aromatic carbocycles. The molecule has 1 aliphatic heterocycles. The van der Waals surface area contributed by atoms with Gasteiger partial charge in [-0.2, -0.15) is 0 Å². The molecule has 1 unspecified atom stereocenters. The average molecular weight is 482 g/mol. The van der Waals surface area contributed by atoms with E-state index in [2.05, 4.69) is 23.7 Å². The monoisotopic (exact) mass is 481 g/mol. The molecule has 2 aromatic rings. The van der Waals surface area contributed by atoms with E-state index >= 15 is 0 Å². The van der Waals surface area contributed by atoms with Gasteiger partial charge in [-0.15, -0.1) is 0 Å². The van der Waals surface area contributed by atoms with Crippen LogP contribution in [0, 0.1) is 20.8 Å². The van der Waals surface area contributed by atoms with E-state index in [0.29, 0.717) is 29.8 Å². The lowest BCUT2D eigenvalue weighted by Gasteiger charge is -2.27. The second-order valence-corrected chi connectivity index (χ2v) is 8.90. The van der Waals surface area contributed by atoms with Crippen molar-refractivity contribution < 1.29 is 24.2 Å². The lowest BCUT2D eigenvalue weighted by molar-refractivity contribution is -0.140. The van der Waals surface area contributed by atoms with Gasteiger partial charge in [0.2, 0.25) is 0 Å². The van der Waals surface area contributed by atoms with E-state index in [0.717, 1.165) is 30.8 Å². The summed E-state index contributed by atoms with van der Waals surface area (Å²) < 4.78 is 4.83. The van der Waals surface area contributed by atoms with Crippen LogP contribution in [0.15, 0.2) is 29.8 Å². The standard InChI is InChI=1S/C27H35N3O5/c1-7-29(8-2)14-9-15-30-23(19-12-10-16(3)11-13-19)21(25(32)26(30)33)24(31)20-17(4)22(27(34)35-6)28-18(20)5/h10-13,23,28,31H,7-9,14-15H2,1-6H3. The molecule has 2 N–H and O–H groups in total. The van der Waals surface area contributed by atoms with Gasteiger partial charge in [0, 0.05) is 17.8 Å². The van der Waals surface area contributed by atoms with Gasteiger partial charge in [0.25, 0.3) is 11.7 Å². The molecule has 0 bridgehead atoms. The van der Waals surface area contributed by atoms with Crippen LogP contribution in [0.3, 0.4) is 0 Å². The molecular formula is C27H35N3O5. The van der Waals surface area contributed by atoms with Crippen LogP contribution in [-0.2, 0) is 14.3 Å². The highest BCUT2D eigenvalue weighted by Gasteiger charge is 2.46. The van der Waals surface area contributed by atoms with E-state index in [1.54, 1.807) is 18.7 Å². The SMILES string of the molecule is CCN(CC)CCCN1C(=O)C(=O)C(=C(O)c2c(C)[nH]c(C(=O)OC)c2C)C1c1ccc(C)cc1. The zero-order valence-electron chi connectivity index (χ0n) is 21.4. The predicted molar refractivity (Wildman–Crippen MR) is 134 cm³/mol. The maximum Gasteiger partial charge on any atom is 0.354 e. The van der Waals surface area contributed by atoms with Crippen molar-refractivity contribution in [3.05, 3.63) is 63.5 Å². The molecular weight excluding hydrogens is 446 g/mol. The Morgan fingerprint density at radius 2 is 1.74 bits per heavy atom. The number of likely N-dealkylation sites (tertiary alicyclic amines) is 1. The van der Waals surface area contributed by atoms with Gasteiger partial charge in [0.05, 0.1) is 18.7 Å². The Morgan fingerprint density at radius 3 is 2.31 bits per heavy atom. The molecule has 0 saturated carbocycles. The largest absolute Gasteiger partial charge is 0.507 e. The summed E-state index contributed by atoms with van der Waals surface area (Å²) in [5, 5.41) is 11.4. The number of esters is 1. The third kappa shape index (κ3) is 5.03. The number of hydrogen-bond donors (Lipinski definition) is 2. The number of ketones is 1. The number of aromatic nitrogens is 1. The van der Waals surface area contributed by atoms with Crippen molar-refractivity contribution in [2.75, 3.05) is 33.3 Å². The number of aliphatic hydroxyl groups excluding tert-OH is 1. The number of aromatic amines is 1. The summed E-state index contributed by atoms with van der Waals surface area (Å²) >= 11 is 0. The third-order valence-electron chi connectivity index (χ3n) is 6.76. The first-order chi connectivity index (χ1) is 16.7. The van der Waals surface area contributed by atoms with Crippen molar-refractivity contribution in [2.45, 2.75) is 47.1 Å². The number of carbonyl (C=O) groups excluding carboxylic acids is 3. The minimum absolute atomic E-state index is 0.0308. The number of aryl methyl sites for hydroxylation is 2. The van der Waals surface area contributed by atoms with E-state index in [4.69, 9.17) is 4.74 Å². The number of methoxy groups -OCH3 is 1. The van der Waals surface area contributed by atoms with Gasteiger partial charge in [-0.3, -0.25) is 9.59 Å². The normalized spacial score (nSPS) is 17.5. The lowest BCUT2D eigenvalue weighted by Crippen LogP contribution is -2.33. The fraction of sp³-hybridized carbons (Fsp3) is 0.444. The van der Waals surface area contributed by atoms with Crippen LogP contribution in [0.4, 0.5) is 0 Å². The van der Waals surface area contributed by atoms with Crippen LogP contribution in [-0.4, -0.2) is 70.8 Å². The van der Waals surface area contributed by atoms with Crippen molar-refractivity contribution >= 4 is 23.4 Å². The Bertz CT molecular complexity index is 1140. The van der Waals surface area contributed by atoms with E-state index in [9.17, 15) is 19.5 Å². The number of carbonyl (C=O) groups is 3. The molecule has 1 atom stereocenters. The van der Waals surface area contributed by atoms with Crippen molar-refractivity contribution in [1.82, 2.24) is 14.8 Å². The fourth-order valence-electron chi connectivity index (χ4n) is 4.76. The highest BCUT2D eigenvalue weighted by Crippen LogP contribution is 2.41. The van der Waals surface area contributed by atoms with E-state index in [-0.39, 0.29) is 17.0 Å². The summed E-state index contributed by atoms with van der Waals surface area (Å²) in [5.41, 5.74) is 3.34. The number of hydrogen-bond acceptors (Lipinski definition) is 6. The minimum Gasteiger partial charge on any atom is -0.507 e. The molecule has 0 spiro atoms. The molecule has 1 fully saturated rings. The number of ether oxygens (including phenoxy) is 1. The zero-order chi connectivity index (χ0) is 25.9. The van der Waals surface area contributed by atoms with Gasteiger partial charge in [-0.05, 0) is 58.0 Å². The molecule has 188 valence electrons. The highest BCUT2D eigenvalue weighted by atomic mass is 16.5. The van der Waals surface area contributed by atoms with Crippen LogP contribution in [0.5, 0.6) is 0 Å². The van der Waals surface area contributed by atoms with E-state index in [1.807, 2.05) is 31.2 Å². The molecule has 8 heteroatoms. The predicted octanol–water partition coefficient (Wildman–Crippen LogP) is 3.88. The molecule has 3 rings (SSSR count). The van der Waals surface area contributed by atoms with Crippen molar-refractivity contribution in [3.8, 4) is 0 Å². The van der Waals surface area contributed by atoms with Gasteiger partial charge < -0.3 is 24.6 Å². The summed E-state index contributed by atoms with van der Waals surface area (Å²) in [6, 6.07) is 6.89. The van der Waals surface area contributed by atoms with Crippen LogP contribution >= 0.6 is 0 Å². The Balaban J connectivity index is 2.11. The Hall–Kier alpha value is -3.39. The molecule has 2 heterocycles. The van der Waals surface area contributed by atoms with Crippen molar-refractivity contribution in [2.24, 2.45) is 0 Å². The molecule has 1 amide bonds. The topological polar surface area (TPSA) is 103 Å². The van der Waals surface area contributed by atoms with Gasteiger partial charge in [-0.1, -0.05) is 43.7 Å². The fourth-order valence-corrected chi connectivity index (χ4v) is 4.76. The smallest absolute Gasteiger partial charge is 0.354 e. The van der Waals surface area contributed by atoms with Crippen LogP contribution in [0.25, 0.3) is 5.76 Å². The summed E-state index contributed by atoms with van der Waals surface area (Å²) in [5.74, 6) is -2.22. The molecule has 35 heavy (non-hydrogen) atoms. The number of amides is 1. The number of Topliss-reactive ketones (excluding diaryl/α,β-unsaturated/α-hetero) is 1. The Kier molecular flexibility index (Phi) is 8.17. The Labute approximate surface area is 206 Å². The van der Waals surface area contributed by atoms with Crippen LogP contribution in [0.2, 0.25) is 0 Å². The Morgan fingerprint density at radius 1 is 1.11 bits per heavy atom. The van der Waals surface area contributed by atoms with Crippen molar-refractivity contribution in [3.63, 3.8) is 0 Å². The van der Waals surface area contributed by atoms with E-state index < -0.39 is 23.7 Å². The molecule has 1 saturated heterocycles. The van der Waals surface area contributed by atoms with Crippen molar-refractivity contribution in [1.29, 1.82) is 0 Å². The molecule has 1 aromatic heterocycles. The summed E-state index contributed by atoms with van der Waals surface area (Å²) in [6.07, 6.45) is 0.700. The number of benzene rings is 1. The maximum atomic E-state index is 13.3. The molecule has 0 aliphatic carbocycles. The average Bonchev–Trinajstić information content (AvgIpc) is 3.28. The number of rotatable bonds is 9. The van der Waals surface area contributed by atoms with Gasteiger partial charge in [-0.25, -0.2) is 4.79 Å². The van der Waals surface area contributed by atoms with Gasteiger partial charge >= 0.3 is 5.97 Å². The highest BCUT2D eigenvalue weighted by molar-refractivity contribution is 6.46. The minimum atomic E-state index is -0.726. The lowest BCUT2D eigenvalue weighted by atomic mass is 9.93. The quantitative estimate of drug-likeness (QED) is 0.244. The van der Waals surface area contributed by atoms with Gasteiger partial charge in [0.15, 0.2) is 0 Å². The first kappa shape index (κ1) is 26.2. The molecule has 0 radical (unpaired) electrons. The second kappa shape index (κ2) is 10.9. The zero-order valence-corrected chi connectivity index (χ0v) is 21.4. The maximum absolute atomic E-state index is 13.3. The second-order valence-electron chi connectivity index (χ2n) is 8.90. The number of aliphatic hydroxyl groups is 1. The summed E-state index contributed by atoms with van der Waals surface area (Å²) in [7, 11) is 1.28. The van der Waals surface area contributed by atoms with Crippen LogP contribution < -0.4 is 0 Å². The number of nitrogens with one attached hydrogen (secondary N) is 1. The first-order valence-corrected chi connectivity index (χ1v) is 12.0. The third-order valence-corrected chi connectivity index (χ3v) is 6.76. The first-order valence-electron chi connectivity index (χ1n) is 12.0.